The van der Waals surface area contributed by atoms with Crippen LogP contribution in [0.5, 0.6) is 5.88 Å². The molecule has 6 heteroatoms. The molecule has 1 saturated heterocycles. The number of methoxy groups -OCH3 is 1. The van der Waals surface area contributed by atoms with E-state index in [9.17, 15) is 0 Å². The molecule has 0 unspecified atom stereocenters. The van der Waals surface area contributed by atoms with E-state index in [0.29, 0.717) is 17.5 Å². The predicted octanol–water partition coefficient (Wildman–Crippen LogP) is -0.271. The highest BCUT2D eigenvalue weighted by molar-refractivity contribution is 5.35. The van der Waals surface area contributed by atoms with Crippen molar-refractivity contribution < 1.29 is 9.84 Å². The first-order valence-electron chi connectivity index (χ1n) is 5.69. The van der Waals surface area contributed by atoms with E-state index < -0.39 is 0 Å². The van der Waals surface area contributed by atoms with Gasteiger partial charge in [-0.15, -0.1) is 0 Å². The van der Waals surface area contributed by atoms with Crippen molar-refractivity contribution in [2.45, 2.75) is 6.61 Å². The molecule has 0 saturated carbocycles. The monoisotopic (exact) mass is 238 g/mol. The molecule has 0 bridgehead atoms. The van der Waals surface area contributed by atoms with Crippen LogP contribution in [0.3, 0.4) is 0 Å². The number of nitrogens with zero attached hydrogens (tertiary/aromatic N) is 4. The summed E-state index contributed by atoms with van der Waals surface area (Å²) in [6.07, 6.45) is 0. The Hall–Kier alpha value is -1.40. The van der Waals surface area contributed by atoms with Gasteiger partial charge in [0.15, 0.2) is 0 Å². The molecule has 0 aliphatic carbocycles. The van der Waals surface area contributed by atoms with E-state index in [1.54, 1.807) is 13.2 Å². The van der Waals surface area contributed by atoms with E-state index in [2.05, 4.69) is 26.8 Å². The van der Waals surface area contributed by atoms with E-state index in [-0.39, 0.29) is 6.61 Å². The maximum absolute atomic E-state index is 9.15. The summed E-state index contributed by atoms with van der Waals surface area (Å²) < 4.78 is 5.11. The molecule has 1 aromatic heterocycles. The number of hydrogen-bond donors (Lipinski definition) is 1. The topological polar surface area (TPSA) is 61.7 Å². The Kier molecular flexibility index (Phi) is 3.75. The van der Waals surface area contributed by atoms with E-state index in [1.165, 1.54) is 0 Å². The molecule has 2 rings (SSSR count). The molecule has 17 heavy (non-hydrogen) atoms. The van der Waals surface area contributed by atoms with Gasteiger partial charge in [0.05, 0.1) is 19.4 Å². The van der Waals surface area contributed by atoms with Crippen molar-refractivity contribution in [3.63, 3.8) is 0 Å². The van der Waals surface area contributed by atoms with Gasteiger partial charge in [0.2, 0.25) is 11.8 Å². The fourth-order valence-electron chi connectivity index (χ4n) is 1.79. The van der Waals surface area contributed by atoms with Gasteiger partial charge in [-0.25, -0.2) is 4.98 Å². The van der Waals surface area contributed by atoms with Gasteiger partial charge in [0.1, 0.15) is 0 Å². The summed E-state index contributed by atoms with van der Waals surface area (Å²) >= 11 is 0. The Balaban J connectivity index is 2.19. The largest absolute Gasteiger partial charge is 0.481 e. The second-order valence-corrected chi connectivity index (χ2v) is 4.15. The predicted molar refractivity (Wildman–Crippen MR) is 64.2 cm³/mol. The smallest absolute Gasteiger partial charge is 0.229 e. The van der Waals surface area contributed by atoms with Gasteiger partial charge < -0.3 is 19.6 Å². The number of hydrogen-bond acceptors (Lipinski definition) is 6. The molecule has 1 N–H and O–H groups in total. The third-order valence-electron chi connectivity index (χ3n) is 2.90. The van der Waals surface area contributed by atoms with Gasteiger partial charge in [-0.2, -0.15) is 4.98 Å². The first kappa shape index (κ1) is 12.1. The summed E-state index contributed by atoms with van der Waals surface area (Å²) in [5, 5.41) is 9.15. The Morgan fingerprint density at radius 3 is 2.59 bits per heavy atom. The van der Waals surface area contributed by atoms with Crippen molar-refractivity contribution in [2.24, 2.45) is 0 Å². The SMILES string of the molecule is COc1cc(CO)nc(N2CCN(C)CC2)n1. The minimum Gasteiger partial charge on any atom is -0.481 e. The first-order valence-corrected chi connectivity index (χ1v) is 5.69. The molecule has 94 valence electrons. The van der Waals surface area contributed by atoms with Crippen LogP contribution in [0.4, 0.5) is 5.95 Å². The molecule has 2 heterocycles. The zero-order valence-corrected chi connectivity index (χ0v) is 10.3. The lowest BCUT2D eigenvalue weighted by Gasteiger charge is -2.32. The van der Waals surface area contributed by atoms with Crippen LogP contribution in [0, 0.1) is 0 Å². The average Bonchev–Trinajstić information content (AvgIpc) is 2.39. The van der Waals surface area contributed by atoms with Crippen LogP contribution in [0.15, 0.2) is 6.07 Å². The summed E-state index contributed by atoms with van der Waals surface area (Å²) in [4.78, 5) is 13.0. The zero-order valence-electron chi connectivity index (χ0n) is 10.3. The summed E-state index contributed by atoms with van der Waals surface area (Å²) in [6, 6.07) is 1.65. The van der Waals surface area contributed by atoms with Gasteiger partial charge in [0, 0.05) is 32.2 Å². The van der Waals surface area contributed by atoms with Gasteiger partial charge in [-0.05, 0) is 7.05 Å². The number of ether oxygens (including phenoxy) is 1. The fraction of sp³-hybridized carbons (Fsp3) is 0.636. The zero-order chi connectivity index (χ0) is 12.3. The summed E-state index contributed by atoms with van der Waals surface area (Å²) in [5.74, 6) is 1.14. The van der Waals surface area contributed by atoms with Crippen molar-refractivity contribution in [3.8, 4) is 5.88 Å². The number of aliphatic hydroxyl groups is 1. The van der Waals surface area contributed by atoms with Crippen molar-refractivity contribution in [1.82, 2.24) is 14.9 Å². The van der Waals surface area contributed by atoms with Crippen LogP contribution in [0.2, 0.25) is 0 Å². The fourth-order valence-corrected chi connectivity index (χ4v) is 1.79. The van der Waals surface area contributed by atoms with E-state index in [0.717, 1.165) is 26.2 Å². The molecule has 0 radical (unpaired) electrons. The minimum atomic E-state index is -0.0976. The second-order valence-electron chi connectivity index (χ2n) is 4.15. The van der Waals surface area contributed by atoms with Gasteiger partial charge in [0.25, 0.3) is 0 Å². The van der Waals surface area contributed by atoms with Crippen LogP contribution < -0.4 is 9.64 Å². The molecule has 0 amide bonds. The van der Waals surface area contributed by atoms with E-state index >= 15 is 0 Å². The van der Waals surface area contributed by atoms with Crippen LogP contribution in [0.25, 0.3) is 0 Å². The second kappa shape index (κ2) is 5.29. The number of anilines is 1. The third-order valence-corrected chi connectivity index (χ3v) is 2.90. The molecule has 0 aromatic carbocycles. The van der Waals surface area contributed by atoms with Crippen molar-refractivity contribution in [3.05, 3.63) is 11.8 Å². The van der Waals surface area contributed by atoms with Crippen LogP contribution in [0.1, 0.15) is 5.69 Å². The highest BCUT2D eigenvalue weighted by Gasteiger charge is 2.17. The number of likely N-dealkylation sites (N-methyl/N-ethyl adjacent to an activating group) is 1. The van der Waals surface area contributed by atoms with Crippen molar-refractivity contribution in [1.29, 1.82) is 0 Å². The van der Waals surface area contributed by atoms with Crippen LogP contribution >= 0.6 is 0 Å². The van der Waals surface area contributed by atoms with Crippen LogP contribution in [-0.2, 0) is 6.61 Å². The normalized spacial score (nSPS) is 17.2. The van der Waals surface area contributed by atoms with Crippen LogP contribution in [-0.4, -0.2) is 60.3 Å². The highest BCUT2D eigenvalue weighted by Crippen LogP contribution is 2.16. The molecule has 1 aliphatic rings. The number of aliphatic hydroxyl groups excluding tert-OH is 1. The van der Waals surface area contributed by atoms with E-state index in [4.69, 9.17) is 9.84 Å². The number of rotatable bonds is 3. The minimum absolute atomic E-state index is 0.0976. The summed E-state index contributed by atoms with van der Waals surface area (Å²) in [7, 11) is 3.67. The Morgan fingerprint density at radius 1 is 1.29 bits per heavy atom. The van der Waals surface area contributed by atoms with E-state index in [1.807, 2.05) is 0 Å². The molecule has 1 aromatic rings. The Labute approximate surface area is 101 Å². The van der Waals surface area contributed by atoms with Gasteiger partial charge in [-0.3, -0.25) is 0 Å². The van der Waals surface area contributed by atoms with Crippen molar-refractivity contribution in [2.75, 3.05) is 45.2 Å². The van der Waals surface area contributed by atoms with Crippen molar-refractivity contribution >= 4 is 5.95 Å². The average molecular weight is 238 g/mol. The molecule has 0 atom stereocenters. The highest BCUT2D eigenvalue weighted by atomic mass is 16.5. The molecule has 6 nitrogen and oxygen atoms in total. The standard InChI is InChI=1S/C11H18N4O2/c1-14-3-5-15(6-4-14)11-12-9(8-16)7-10(13-11)17-2/h7,16H,3-6,8H2,1-2H3. The maximum Gasteiger partial charge on any atom is 0.229 e. The quantitative estimate of drug-likeness (QED) is 0.782. The summed E-state index contributed by atoms with van der Waals surface area (Å²) in [5.41, 5.74) is 0.589. The van der Waals surface area contributed by atoms with Gasteiger partial charge in [-0.1, -0.05) is 0 Å². The lowest BCUT2D eigenvalue weighted by molar-refractivity contribution is 0.274. The lowest BCUT2D eigenvalue weighted by atomic mass is 10.3. The number of aromatic nitrogens is 2. The first-order chi connectivity index (χ1) is 8.22. The molecule has 1 fully saturated rings. The summed E-state index contributed by atoms with van der Waals surface area (Å²) in [6.45, 7) is 3.69. The number of piperazine rings is 1. The Morgan fingerprint density at radius 2 is 2.00 bits per heavy atom. The molecular weight excluding hydrogens is 220 g/mol. The maximum atomic E-state index is 9.15. The van der Waals surface area contributed by atoms with Gasteiger partial charge >= 0.3 is 0 Å². The lowest BCUT2D eigenvalue weighted by Crippen LogP contribution is -2.45. The Bertz CT molecular complexity index is 355. The molecular formula is C11H18N4O2. The molecule has 0 spiro atoms. The third kappa shape index (κ3) is 2.83. The molecule has 1 aliphatic heterocycles.